The molecule has 0 atom stereocenters. The summed E-state index contributed by atoms with van der Waals surface area (Å²) in [5, 5.41) is 5.07. The van der Waals surface area contributed by atoms with Gasteiger partial charge in [0.15, 0.2) is 0 Å². The number of hydrogen-bond acceptors (Lipinski definition) is 1. The highest BCUT2D eigenvalue weighted by Gasteiger charge is 2.14. The van der Waals surface area contributed by atoms with E-state index < -0.39 is 0 Å². The monoisotopic (exact) mass is 433 g/mol. The van der Waals surface area contributed by atoms with Gasteiger partial charge in [-0.25, -0.2) is 0 Å². The number of anilines is 3. The predicted molar refractivity (Wildman–Crippen MR) is 150 cm³/mol. The molecule has 6 rings (SSSR count). The van der Waals surface area contributed by atoms with Gasteiger partial charge in [-0.2, -0.15) is 0 Å². The topological polar surface area (TPSA) is 3.24 Å². The highest BCUT2D eigenvalue weighted by molar-refractivity contribution is 6.32. The molecule has 0 bridgehead atoms. The Hall–Kier alpha value is -4.30. The fourth-order valence-electron chi connectivity index (χ4n) is 4.70. The Morgan fingerprint density at radius 2 is 0.941 bits per heavy atom. The van der Waals surface area contributed by atoms with Crippen molar-refractivity contribution < 1.29 is 0 Å². The first kappa shape index (κ1) is 20.3. The van der Waals surface area contributed by atoms with E-state index in [0.717, 1.165) is 17.1 Å². The summed E-state index contributed by atoms with van der Waals surface area (Å²) in [6.07, 6.45) is 0. The molecule has 0 saturated heterocycles. The molecule has 0 aliphatic heterocycles. The van der Waals surface area contributed by atoms with Gasteiger partial charge in [-0.15, -0.1) is 0 Å². The highest BCUT2D eigenvalue weighted by atomic mass is 15.1. The quantitative estimate of drug-likeness (QED) is 0.207. The maximum atomic E-state index is 2.34. The van der Waals surface area contributed by atoms with Gasteiger partial charge in [0, 0.05) is 17.1 Å². The molecular formula is C32H24BN. The van der Waals surface area contributed by atoms with Crippen LogP contribution in [0.1, 0.15) is 0 Å². The van der Waals surface area contributed by atoms with Crippen molar-refractivity contribution in [3.63, 3.8) is 0 Å². The lowest BCUT2D eigenvalue weighted by Gasteiger charge is -2.26. The fraction of sp³-hybridized carbons (Fsp3) is 0. The minimum atomic E-state index is 1.14. The molecule has 34 heavy (non-hydrogen) atoms. The number of fused-ring (bicyclic) bond motifs is 3. The molecule has 6 aromatic carbocycles. The minimum Gasteiger partial charge on any atom is -0.310 e. The van der Waals surface area contributed by atoms with Crippen LogP contribution in [0.2, 0.25) is 0 Å². The molecule has 2 heteroatoms. The Labute approximate surface area is 201 Å². The summed E-state index contributed by atoms with van der Waals surface area (Å²) in [6.45, 7) is 0. The molecule has 0 heterocycles. The lowest BCUT2D eigenvalue weighted by molar-refractivity contribution is 1.29. The van der Waals surface area contributed by atoms with Gasteiger partial charge < -0.3 is 4.90 Å². The van der Waals surface area contributed by atoms with Crippen molar-refractivity contribution in [3.05, 3.63) is 133 Å². The summed E-state index contributed by atoms with van der Waals surface area (Å²) >= 11 is 0. The molecule has 0 amide bonds. The molecule has 160 valence electrons. The number of benzene rings is 6. The fourth-order valence-corrected chi connectivity index (χ4v) is 4.70. The van der Waals surface area contributed by atoms with Crippen molar-refractivity contribution in [1.82, 2.24) is 0 Å². The van der Waals surface area contributed by atoms with Gasteiger partial charge in [-0.3, -0.25) is 0 Å². The maximum Gasteiger partial charge on any atom is 0.139 e. The summed E-state index contributed by atoms with van der Waals surface area (Å²) in [6, 6.07) is 48.0. The standard InChI is InChI=1S/C32H24BN/c33-27-15-20-29(21-16-27)34(28-17-12-24(13-18-28)23-6-2-1-3-7-23)30-19-14-26-11-10-25-8-4-5-9-31(25)32(26)22-30/h1-22H,33H2. The number of rotatable bonds is 4. The molecule has 0 aliphatic carbocycles. The summed E-state index contributed by atoms with van der Waals surface area (Å²) in [5.74, 6) is 0. The third-order valence-corrected chi connectivity index (χ3v) is 6.51. The van der Waals surface area contributed by atoms with Crippen LogP contribution >= 0.6 is 0 Å². The van der Waals surface area contributed by atoms with Crippen LogP contribution in [0.3, 0.4) is 0 Å². The zero-order valence-electron chi connectivity index (χ0n) is 19.1. The van der Waals surface area contributed by atoms with E-state index in [1.807, 2.05) is 0 Å². The molecule has 0 spiro atoms. The van der Waals surface area contributed by atoms with Gasteiger partial charge >= 0.3 is 0 Å². The van der Waals surface area contributed by atoms with Gasteiger partial charge in [-0.05, 0) is 69.1 Å². The van der Waals surface area contributed by atoms with Gasteiger partial charge in [-0.1, -0.05) is 103 Å². The molecule has 0 fully saturated rings. The summed E-state index contributed by atoms with van der Waals surface area (Å²) in [4.78, 5) is 2.34. The smallest absolute Gasteiger partial charge is 0.139 e. The van der Waals surface area contributed by atoms with Crippen molar-refractivity contribution in [3.8, 4) is 11.1 Å². The molecule has 0 unspecified atom stereocenters. The van der Waals surface area contributed by atoms with Crippen molar-refractivity contribution >= 4 is 51.9 Å². The largest absolute Gasteiger partial charge is 0.310 e. The van der Waals surface area contributed by atoms with Crippen LogP contribution in [0.15, 0.2) is 133 Å². The number of nitrogens with zero attached hydrogens (tertiary/aromatic N) is 1. The van der Waals surface area contributed by atoms with Crippen molar-refractivity contribution in [2.75, 3.05) is 4.90 Å². The number of hydrogen-bond donors (Lipinski definition) is 0. The molecule has 0 aromatic heterocycles. The van der Waals surface area contributed by atoms with Gasteiger partial charge in [0.1, 0.15) is 7.85 Å². The van der Waals surface area contributed by atoms with E-state index in [4.69, 9.17) is 0 Å². The van der Waals surface area contributed by atoms with Crippen LogP contribution in [0.5, 0.6) is 0 Å². The van der Waals surface area contributed by atoms with Gasteiger partial charge in [0.2, 0.25) is 0 Å². The molecule has 0 aliphatic rings. The molecule has 0 radical (unpaired) electrons. The Kier molecular flexibility index (Phi) is 5.12. The first-order valence-corrected chi connectivity index (χ1v) is 11.7. The third-order valence-electron chi connectivity index (χ3n) is 6.51. The van der Waals surface area contributed by atoms with Crippen molar-refractivity contribution in [2.24, 2.45) is 0 Å². The average molecular weight is 433 g/mol. The normalized spacial score (nSPS) is 11.1. The van der Waals surface area contributed by atoms with Crippen LogP contribution in [-0.4, -0.2) is 7.85 Å². The first-order chi connectivity index (χ1) is 16.8. The van der Waals surface area contributed by atoms with Crippen LogP contribution in [0.25, 0.3) is 32.7 Å². The Balaban J connectivity index is 1.51. The van der Waals surface area contributed by atoms with E-state index in [1.165, 1.54) is 38.1 Å². The second-order valence-electron chi connectivity index (χ2n) is 8.78. The van der Waals surface area contributed by atoms with Gasteiger partial charge in [0.25, 0.3) is 0 Å². The second kappa shape index (κ2) is 8.57. The van der Waals surface area contributed by atoms with E-state index in [0.29, 0.717) is 0 Å². The van der Waals surface area contributed by atoms with Gasteiger partial charge in [0.05, 0.1) is 0 Å². The molecule has 0 saturated carbocycles. The predicted octanol–water partition coefficient (Wildman–Crippen LogP) is 7.39. The lowest BCUT2D eigenvalue weighted by Crippen LogP contribution is -2.11. The van der Waals surface area contributed by atoms with Crippen LogP contribution in [0, 0.1) is 0 Å². The summed E-state index contributed by atoms with van der Waals surface area (Å²) < 4.78 is 0. The van der Waals surface area contributed by atoms with E-state index in [2.05, 4.69) is 146 Å². The molecule has 0 N–H and O–H groups in total. The SMILES string of the molecule is Bc1ccc(N(c2ccc(-c3ccccc3)cc2)c2ccc3ccc4ccccc4c3c2)cc1. The van der Waals surface area contributed by atoms with Crippen LogP contribution in [-0.2, 0) is 0 Å². The van der Waals surface area contributed by atoms with Crippen molar-refractivity contribution in [1.29, 1.82) is 0 Å². The van der Waals surface area contributed by atoms with Crippen molar-refractivity contribution in [2.45, 2.75) is 0 Å². The third kappa shape index (κ3) is 3.74. The maximum absolute atomic E-state index is 2.34. The average Bonchev–Trinajstić information content (AvgIpc) is 2.91. The zero-order chi connectivity index (χ0) is 22.9. The second-order valence-corrected chi connectivity index (χ2v) is 8.78. The van der Waals surface area contributed by atoms with E-state index >= 15 is 0 Å². The van der Waals surface area contributed by atoms with Crippen LogP contribution < -0.4 is 10.4 Å². The molecular weight excluding hydrogens is 409 g/mol. The van der Waals surface area contributed by atoms with Crippen LogP contribution in [0.4, 0.5) is 17.1 Å². The van der Waals surface area contributed by atoms with E-state index in [1.54, 1.807) is 0 Å². The summed E-state index contributed by atoms with van der Waals surface area (Å²) in [7, 11) is 2.13. The Morgan fingerprint density at radius 3 is 1.68 bits per heavy atom. The Bertz CT molecular complexity index is 1590. The van der Waals surface area contributed by atoms with E-state index in [9.17, 15) is 0 Å². The first-order valence-electron chi connectivity index (χ1n) is 11.7. The molecule has 6 aromatic rings. The highest BCUT2D eigenvalue weighted by Crippen LogP contribution is 2.38. The lowest BCUT2D eigenvalue weighted by atomic mass is 9.96. The van der Waals surface area contributed by atoms with E-state index in [-0.39, 0.29) is 0 Å². The molecule has 1 nitrogen and oxygen atoms in total. The Morgan fingerprint density at radius 1 is 0.412 bits per heavy atom. The summed E-state index contributed by atoms with van der Waals surface area (Å²) in [5.41, 5.74) is 7.15. The minimum absolute atomic E-state index is 1.14. The zero-order valence-corrected chi connectivity index (χ0v) is 19.1.